The zero-order valence-corrected chi connectivity index (χ0v) is 30.5. The Morgan fingerprint density at radius 1 is 1.02 bits per heavy atom. The summed E-state index contributed by atoms with van der Waals surface area (Å²) >= 11 is 1.67. The lowest BCUT2D eigenvalue weighted by Gasteiger charge is -2.31. The SMILES string of the molecule is CCCCOCCOc1ccc(-c2ccc3c(c2)C=C(C(=O)Nc2ccc(CN(C)C4CCOCC4)cc2)CCN3Cc2csc(C)n2)cc1. The van der Waals surface area contributed by atoms with E-state index in [1.165, 1.54) is 5.56 Å². The van der Waals surface area contributed by atoms with Gasteiger partial charge in [0.05, 0.1) is 23.9 Å². The van der Waals surface area contributed by atoms with E-state index in [1.807, 2.05) is 31.2 Å². The third-order valence-corrected chi connectivity index (χ3v) is 10.3. The molecule has 1 fully saturated rings. The molecule has 0 saturated carbocycles. The van der Waals surface area contributed by atoms with Crippen LogP contribution >= 0.6 is 11.3 Å². The smallest absolute Gasteiger partial charge is 0.251 e. The predicted molar refractivity (Wildman–Crippen MR) is 204 cm³/mol. The van der Waals surface area contributed by atoms with Gasteiger partial charge in [-0.2, -0.15) is 0 Å². The monoisotopic (exact) mass is 694 g/mol. The summed E-state index contributed by atoms with van der Waals surface area (Å²) in [4.78, 5) is 23.3. The number of carbonyl (C=O) groups excluding carboxylic acids is 1. The summed E-state index contributed by atoms with van der Waals surface area (Å²) in [5.74, 6) is 0.755. The molecule has 9 heteroatoms. The van der Waals surface area contributed by atoms with Crippen LogP contribution in [-0.4, -0.2) is 68.5 Å². The number of unbranched alkanes of at least 4 members (excludes halogenated alkanes) is 1. The average molecular weight is 695 g/mol. The van der Waals surface area contributed by atoms with Crippen LogP contribution in [0.15, 0.2) is 77.7 Å². The fourth-order valence-electron chi connectivity index (χ4n) is 6.55. The molecule has 1 amide bonds. The van der Waals surface area contributed by atoms with Gasteiger partial charge in [0.2, 0.25) is 0 Å². The third kappa shape index (κ3) is 9.82. The molecule has 3 heterocycles. The van der Waals surface area contributed by atoms with Gasteiger partial charge in [0, 0.05) is 61.3 Å². The van der Waals surface area contributed by atoms with Crippen molar-refractivity contribution in [1.29, 1.82) is 0 Å². The molecule has 50 heavy (non-hydrogen) atoms. The number of aromatic nitrogens is 1. The van der Waals surface area contributed by atoms with Gasteiger partial charge in [0.15, 0.2) is 0 Å². The second-order valence-electron chi connectivity index (χ2n) is 13.2. The standard InChI is InChI=1S/C41H50N4O4S/c1-4-5-20-47-23-24-49-39-13-8-32(9-14-39)33-10-15-40-35(25-33)26-34(16-19-45(40)28-37-29-50-30(2)42-37)41(46)43-36-11-6-31(7-12-36)27-44(3)38-17-21-48-22-18-38/h6-15,25-26,29,38H,4-5,16-24,27-28H2,1-3H3,(H,43,46). The van der Waals surface area contributed by atoms with Gasteiger partial charge in [-0.1, -0.05) is 43.7 Å². The van der Waals surface area contributed by atoms with E-state index in [0.717, 1.165) is 102 Å². The van der Waals surface area contributed by atoms with E-state index in [-0.39, 0.29) is 5.91 Å². The van der Waals surface area contributed by atoms with Gasteiger partial charge < -0.3 is 24.4 Å². The predicted octanol–water partition coefficient (Wildman–Crippen LogP) is 8.36. The Morgan fingerprint density at radius 3 is 2.54 bits per heavy atom. The summed E-state index contributed by atoms with van der Waals surface area (Å²) in [7, 11) is 2.18. The first kappa shape index (κ1) is 35.8. The van der Waals surface area contributed by atoms with Gasteiger partial charge >= 0.3 is 0 Å². The maximum atomic E-state index is 13.8. The highest BCUT2D eigenvalue weighted by molar-refractivity contribution is 7.09. The van der Waals surface area contributed by atoms with Gasteiger partial charge in [-0.25, -0.2) is 4.98 Å². The van der Waals surface area contributed by atoms with Crippen molar-refractivity contribution in [3.05, 3.63) is 99.5 Å². The van der Waals surface area contributed by atoms with Gasteiger partial charge in [-0.15, -0.1) is 11.3 Å². The molecule has 1 saturated heterocycles. The van der Waals surface area contributed by atoms with Crippen molar-refractivity contribution in [3.63, 3.8) is 0 Å². The minimum Gasteiger partial charge on any atom is -0.491 e. The average Bonchev–Trinajstić information content (AvgIpc) is 3.47. The number of carbonyl (C=O) groups is 1. The number of fused-ring (bicyclic) bond motifs is 1. The molecule has 2 aliphatic rings. The number of hydrogen-bond acceptors (Lipinski definition) is 8. The zero-order chi connectivity index (χ0) is 34.7. The first-order valence-corrected chi connectivity index (χ1v) is 18.8. The Bertz CT molecular complexity index is 1710. The molecule has 0 bridgehead atoms. The summed E-state index contributed by atoms with van der Waals surface area (Å²) in [6, 6.07) is 23.5. The highest BCUT2D eigenvalue weighted by atomic mass is 32.1. The van der Waals surface area contributed by atoms with E-state index >= 15 is 0 Å². The van der Waals surface area contributed by atoms with Crippen molar-refractivity contribution in [3.8, 4) is 16.9 Å². The van der Waals surface area contributed by atoms with Crippen LogP contribution < -0.4 is 15.0 Å². The van der Waals surface area contributed by atoms with Gasteiger partial charge in [0.25, 0.3) is 5.91 Å². The molecule has 8 nitrogen and oxygen atoms in total. The fraction of sp³-hybridized carbons (Fsp3) is 0.415. The first-order chi connectivity index (χ1) is 24.4. The number of ether oxygens (including phenoxy) is 3. The number of anilines is 2. The Morgan fingerprint density at radius 2 is 1.80 bits per heavy atom. The highest BCUT2D eigenvalue weighted by Gasteiger charge is 2.22. The Labute approximate surface area is 301 Å². The van der Waals surface area contributed by atoms with E-state index in [4.69, 9.17) is 19.2 Å². The van der Waals surface area contributed by atoms with E-state index in [9.17, 15) is 4.79 Å². The molecule has 3 aromatic carbocycles. The first-order valence-electron chi connectivity index (χ1n) is 17.9. The molecule has 0 radical (unpaired) electrons. The quantitative estimate of drug-likeness (QED) is 0.125. The maximum absolute atomic E-state index is 13.8. The molecule has 4 aromatic rings. The fourth-order valence-corrected chi connectivity index (χ4v) is 7.16. The Hall–Kier alpha value is -4.02. The largest absolute Gasteiger partial charge is 0.491 e. The van der Waals surface area contributed by atoms with Crippen molar-refractivity contribution in [1.82, 2.24) is 9.88 Å². The summed E-state index contributed by atoms with van der Waals surface area (Å²) in [6.07, 6.45) is 7.03. The van der Waals surface area contributed by atoms with Crippen LogP contribution in [0.2, 0.25) is 0 Å². The number of nitrogens with one attached hydrogen (secondary N) is 1. The summed E-state index contributed by atoms with van der Waals surface area (Å²) in [5, 5.41) is 6.36. The molecule has 6 rings (SSSR count). The molecular weight excluding hydrogens is 645 g/mol. The number of hydrogen-bond donors (Lipinski definition) is 1. The number of amides is 1. The molecule has 0 atom stereocenters. The molecule has 0 unspecified atom stereocenters. The lowest BCUT2D eigenvalue weighted by atomic mass is 10.00. The molecule has 2 aliphatic heterocycles. The van der Waals surface area contributed by atoms with E-state index in [1.54, 1.807) is 11.3 Å². The molecular formula is C41H50N4O4S. The van der Waals surface area contributed by atoms with Crippen molar-refractivity contribution < 1.29 is 19.0 Å². The molecule has 1 N–H and O–H groups in total. The summed E-state index contributed by atoms with van der Waals surface area (Å²) < 4.78 is 17.1. The molecule has 264 valence electrons. The third-order valence-electron chi connectivity index (χ3n) is 9.44. The zero-order valence-electron chi connectivity index (χ0n) is 29.7. The minimum absolute atomic E-state index is 0.0695. The molecule has 0 spiro atoms. The van der Waals surface area contributed by atoms with Crippen LogP contribution in [0.3, 0.4) is 0 Å². The maximum Gasteiger partial charge on any atom is 0.251 e. The second-order valence-corrected chi connectivity index (χ2v) is 14.3. The molecule has 0 aliphatic carbocycles. The van der Waals surface area contributed by atoms with Gasteiger partial charge in [-0.05, 0) is 104 Å². The second kappa shape index (κ2) is 17.8. The number of nitrogens with zero attached hydrogens (tertiary/aromatic N) is 3. The minimum atomic E-state index is -0.0695. The van der Waals surface area contributed by atoms with Gasteiger partial charge in [0.1, 0.15) is 12.4 Å². The number of benzene rings is 3. The summed E-state index contributed by atoms with van der Waals surface area (Å²) in [6.45, 7) is 10.0. The molecule has 1 aromatic heterocycles. The topological polar surface area (TPSA) is 76.2 Å². The van der Waals surface area contributed by atoms with E-state index in [0.29, 0.717) is 38.8 Å². The van der Waals surface area contributed by atoms with Crippen LogP contribution in [0, 0.1) is 6.92 Å². The van der Waals surface area contributed by atoms with E-state index < -0.39 is 0 Å². The lowest BCUT2D eigenvalue weighted by Crippen LogP contribution is -2.36. The van der Waals surface area contributed by atoms with E-state index in [2.05, 4.69) is 83.0 Å². The number of thiazole rings is 1. The van der Waals surface area contributed by atoms with Crippen LogP contribution in [0.25, 0.3) is 17.2 Å². The number of aryl methyl sites for hydroxylation is 1. The normalized spacial score (nSPS) is 15.0. The van der Waals surface area contributed by atoms with Gasteiger partial charge in [-0.3, -0.25) is 9.69 Å². The van der Waals surface area contributed by atoms with Crippen LogP contribution in [-0.2, 0) is 27.4 Å². The van der Waals surface area contributed by atoms with Crippen molar-refractivity contribution >= 4 is 34.7 Å². The van der Waals surface area contributed by atoms with Crippen molar-refractivity contribution in [2.75, 3.05) is 56.8 Å². The summed E-state index contributed by atoms with van der Waals surface area (Å²) in [5.41, 5.74) is 8.13. The van der Waals surface area contributed by atoms with Crippen molar-refractivity contribution in [2.24, 2.45) is 0 Å². The Kier molecular flexibility index (Phi) is 12.7. The lowest BCUT2D eigenvalue weighted by molar-refractivity contribution is -0.112. The van der Waals surface area contributed by atoms with Crippen LogP contribution in [0.1, 0.15) is 60.9 Å². The highest BCUT2D eigenvalue weighted by Crippen LogP contribution is 2.34. The number of rotatable bonds is 15. The van der Waals surface area contributed by atoms with Crippen LogP contribution in [0.4, 0.5) is 11.4 Å². The van der Waals surface area contributed by atoms with Crippen LogP contribution in [0.5, 0.6) is 5.75 Å². The Balaban J connectivity index is 1.16. The van der Waals surface area contributed by atoms with Crippen molar-refractivity contribution in [2.45, 2.75) is 65.1 Å².